The van der Waals surface area contributed by atoms with Crippen LogP contribution in [-0.4, -0.2) is 10.9 Å². The Labute approximate surface area is 235 Å². The van der Waals surface area contributed by atoms with Gasteiger partial charge in [0.2, 0.25) is 0 Å². The van der Waals surface area contributed by atoms with Crippen LogP contribution in [0.25, 0.3) is 12.2 Å². The number of benzene rings is 4. The van der Waals surface area contributed by atoms with Gasteiger partial charge >= 0.3 is 213 Å². The number of hydrogen-bond acceptors (Lipinski definition) is 0. The van der Waals surface area contributed by atoms with Crippen LogP contribution in [0.3, 0.4) is 0 Å². The average Bonchev–Trinajstić information content (AvgIpc) is 3.57. The third kappa shape index (κ3) is 3.16. The number of fused-ring (bicyclic) bond motifs is 8. The summed E-state index contributed by atoms with van der Waals surface area (Å²) in [5, 5.41) is 7.15. The Morgan fingerprint density at radius 1 is 0.486 bits per heavy atom. The summed E-state index contributed by atoms with van der Waals surface area (Å²) in [6.45, 7) is 4.95. The summed E-state index contributed by atoms with van der Waals surface area (Å²) in [5.74, 6) is 0. The van der Waals surface area contributed by atoms with E-state index in [-0.39, 0.29) is 24.8 Å². The van der Waals surface area contributed by atoms with E-state index in [0.29, 0.717) is 7.25 Å². The molecule has 180 valence electrons. The van der Waals surface area contributed by atoms with Crippen LogP contribution in [0.4, 0.5) is 0 Å². The van der Waals surface area contributed by atoms with E-state index in [1.165, 1.54) is 11.1 Å². The van der Waals surface area contributed by atoms with Gasteiger partial charge in [0.25, 0.3) is 0 Å². The number of halogens is 2. The van der Waals surface area contributed by atoms with Gasteiger partial charge in [-0.05, 0) is 0 Å². The molecule has 2 atom stereocenters. The molecule has 0 saturated heterocycles. The Morgan fingerprint density at radius 3 is 1.19 bits per heavy atom. The van der Waals surface area contributed by atoms with Gasteiger partial charge in [0.1, 0.15) is 0 Å². The molecular weight excluding hydrogens is 603 g/mol. The second-order valence-electron chi connectivity index (χ2n) is 10.6. The standard InChI is InChI=1S/C12H8Si2.2C10H9.2ClH.Zr/c1-2-6-10-9(5-1)13-11-7-3-4-8-12(11)14-10;2*1-8-6-9-4-2-3-5-10(9)7-8;;;/h1-8H;2*2-7H,1H3;2*1H;/q;;;;;+2/p-2. The Balaban J connectivity index is 0.00000126. The Morgan fingerprint density at radius 2 is 0.811 bits per heavy atom. The summed E-state index contributed by atoms with van der Waals surface area (Å²) in [7, 11) is 0. The minimum absolute atomic E-state index is 0. The minimum atomic E-state index is -3.17. The van der Waals surface area contributed by atoms with Crippen molar-refractivity contribution in [3.63, 3.8) is 0 Å². The van der Waals surface area contributed by atoms with Crippen LogP contribution >= 0.6 is 0 Å². The van der Waals surface area contributed by atoms with Crippen molar-refractivity contribution >= 4 is 43.8 Å². The summed E-state index contributed by atoms with van der Waals surface area (Å²) in [6.07, 6.45) is 5.10. The molecule has 37 heavy (non-hydrogen) atoms. The van der Waals surface area contributed by atoms with E-state index in [1.807, 2.05) is 0 Å². The van der Waals surface area contributed by atoms with E-state index in [2.05, 4.69) is 123 Å². The zero-order valence-electron chi connectivity index (χ0n) is 20.8. The number of allylic oxidation sites excluding steroid dienone is 2. The van der Waals surface area contributed by atoms with Gasteiger partial charge in [0, 0.05) is 0 Å². The molecule has 0 nitrogen and oxygen atoms in total. The molecule has 2 heterocycles. The zero-order chi connectivity index (χ0) is 23.3. The second kappa shape index (κ2) is 9.18. The molecule has 0 amide bonds. The monoisotopic (exact) mass is 626 g/mol. The van der Waals surface area contributed by atoms with Crippen molar-refractivity contribution in [1.29, 1.82) is 0 Å². The van der Waals surface area contributed by atoms with E-state index in [0.717, 1.165) is 0 Å². The predicted octanol–water partition coefficient (Wildman–Crippen LogP) is -1.30. The molecule has 0 aromatic heterocycles. The fourth-order valence-corrected chi connectivity index (χ4v) is 80.9. The Kier molecular flexibility index (Phi) is 6.33. The fourth-order valence-electron chi connectivity index (χ4n) is 8.06. The van der Waals surface area contributed by atoms with Crippen LogP contribution in [0, 0.1) is 0 Å². The van der Waals surface area contributed by atoms with Crippen LogP contribution in [0.15, 0.2) is 108 Å². The Bertz CT molecular complexity index is 1630. The zero-order valence-corrected chi connectivity index (χ0v) is 26.8. The molecule has 8 rings (SSSR count). The van der Waals surface area contributed by atoms with Crippen LogP contribution in [0.2, 0.25) is 0 Å². The normalized spacial score (nSPS) is 19.0. The molecule has 0 N–H and O–H groups in total. The van der Waals surface area contributed by atoms with Crippen LogP contribution in [-0.2, 0) is 17.5 Å². The average molecular weight is 629 g/mol. The largest absolute Gasteiger partial charge is 1.00 e. The molecule has 0 saturated carbocycles. The van der Waals surface area contributed by atoms with E-state index in [1.54, 1.807) is 43.0 Å². The van der Waals surface area contributed by atoms with E-state index in [4.69, 9.17) is 0 Å². The van der Waals surface area contributed by atoms with Crippen molar-refractivity contribution in [3.05, 3.63) is 130 Å². The molecule has 0 radical (unpaired) electrons. The van der Waals surface area contributed by atoms with E-state index in [9.17, 15) is 0 Å². The molecule has 4 aromatic rings. The summed E-state index contributed by atoms with van der Waals surface area (Å²) < 4.78 is 1.34. The minimum Gasteiger partial charge on any atom is -1.00 e. The van der Waals surface area contributed by atoms with Crippen molar-refractivity contribution in [2.75, 3.05) is 0 Å². The first-order chi connectivity index (χ1) is 17.2. The molecule has 0 fully saturated rings. The van der Waals surface area contributed by atoms with Crippen LogP contribution in [0.5, 0.6) is 0 Å². The summed E-state index contributed by atoms with van der Waals surface area (Å²) in [5.41, 5.74) is 7.95. The summed E-state index contributed by atoms with van der Waals surface area (Å²) in [4.78, 5) is 0. The predicted molar refractivity (Wildman–Crippen MR) is 149 cm³/mol. The van der Waals surface area contributed by atoms with Gasteiger partial charge in [-0.25, -0.2) is 0 Å². The molecule has 2 aliphatic carbocycles. The maximum Gasteiger partial charge on any atom is -1.00 e. The van der Waals surface area contributed by atoms with Gasteiger partial charge in [0.15, 0.2) is 0 Å². The molecule has 5 heteroatoms. The first-order valence-corrected chi connectivity index (χ1v) is 25.9. The molecule has 2 bridgehead atoms. The van der Waals surface area contributed by atoms with Gasteiger partial charge in [-0.15, -0.1) is 0 Å². The maximum absolute atomic E-state index is 3.17. The van der Waals surface area contributed by atoms with Crippen molar-refractivity contribution in [3.8, 4) is 0 Å². The van der Waals surface area contributed by atoms with Gasteiger partial charge < -0.3 is 24.8 Å². The molecule has 4 aromatic carbocycles. The second-order valence-corrected chi connectivity index (χ2v) is 41.5. The fraction of sp³-hybridized carbons (Fsp3) is 0.125. The maximum atomic E-state index is 2.55. The molecule has 2 unspecified atom stereocenters. The number of rotatable bonds is 2. The molecule has 4 aliphatic rings. The van der Waals surface area contributed by atoms with Crippen LogP contribution < -0.4 is 45.6 Å². The first kappa shape index (κ1) is 25.5. The number of hydrogen-bond donors (Lipinski definition) is 0. The third-order valence-electron chi connectivity index (χ3n) is 8.96. The van der Waals surface area contributed by atoms with Gasteiger partial charge in [-0.2, -0.15) is 0 Å². The SMILES string of the molecule is CC1=Cc2ccccc2[CH]1[Zr+2]1([CH]2C(C)=Cc3ccccc32)=[Si]2c3ccccc3[Si]=1c1ccccc12.[Cl-].[Cl-]. The summed E-state index contributed by atoms with van der Waals surface area (Å²) in [6, 6.07) is 38.3. The van der Waals surface area contributed by atoms with Gasteiger partial charge in [0.05, 0.1) is 0 Å². The smallest absolute Gasteiger partial charge is 1.00 e. The van der Waals surface area contributed by atoms with Gasteiger partial charge in [-0.3, -0.25) is 0 Å². The molecule has 0 spiro atoms. The van der Waals surface area contributed by atoms with Crippen molar-refractivity contribution in [2.24, 2.45) is 0 Å². The van der Waals surface area contributed by atoms with E-state index < -0.39 is 28.4 Å². The van der Waals surface area contributed by atoms with E-state index >= 15 is 0 Å². The quantitative estimate of drug-likeness (QED) is 0.214. The molecule has 2 aliphatic heterocycles. The van der Waals surface area contributed by atoms with Crippen molar-refractivity contribution in [2.45, 2.75) is 21.1 Å². The Hall–Kier alpha value is -1.74. The van der Waals surface area contributed by atoms with Crippen molar-refractivity contribution < 1.29 is 42.3 Å². The topological polar surface area (TPSA) is 0 Å². The third-order valence-corrected chi connectivity index (χ3v) is 59.1. The van der Waals surface area contributed by atoms with Crippen LogP contribution in [0.1, 0.15) is 43.4 Å². The molecular formula is C32H26Cl2Si2Zr. The van der Waals surface area contributed by atoms with Gasteiger partial charge in [-0.1, -0.05) is 0 Å². The van der Waals surface area contributed by atoms with Crippen molar-refractivity contribution in [1.82, 2.24) is 0 Å². The first-order valence-electron chi connectivity index (χ1n) is 12.7. The summed E-state index contributed by atoms with van der Waals surface area (Å²) >= 11 is -3.17.